The fraction of sp³-hybridized carbons (Fsp3) is 0.486. The summed E-state index contributed by atoms with van der Waals surface area (Å²) in [6, 6.07) is 16.5. The second-order valence-electron chi connectivity index (χ2n) is 15.1. The van der Waals surface area contributed by atoms with Crippen molar-refractivity contribution in [1.29, 1.82) is 5.26 Å². The van der Waals surface area contributed by atoms with E-state index in [9.17, 15) is 0 Å². The summed E-state index contributed by atoms with van der Waals surface area (Å²) in [5.41, 5.74) is 5.61. The van der Waals surface area contributed by atoms with Gasteiger partial charge in [0.15, 0.2) is 11.5 Å². The molecule has 1 aliphatic rings. The Morgan fingerprint density at radius 1 is 0.917 bits per heavy atom. The molecule has 0 amide bonds. The summed E-state index contributed by atoms with van der Waals surface area (Å²) in [6.45, 7) is 16.3. The number of hydrogen-bond donors (Lipinski definition) is 0. The van der Waals surface area contributed by atoms with E-state index in [1.165, 1.54) is 0 Å². The quantitative estimate of drug-likeness (QED) is 0.0515. The summed E-state index contributed by atoms with van der Waals surface area (Å²) in [4.78, 5) is 12.3. The zero-order chi connectivity index (χ0) is 34.3. The van der Waals surface area contributed by atoms with Gasteiger partial charge in [0.2, 0.25) is 0 Å². The van der Waals surface area contributed by atoms with E-state index in [2.05, 4.69) is 84.4 Å². The van der Waals surface area contributed by atoms with E-state index < -0.39 is 16.1 Å². The Balaban J connectivity index is 1.54. The van der Waals surface area contributed by atoms with E-state index in [1.807, 2.05) is 41.4 Å². The highest BCUT2D eigenvalue weighted by Gasteiger charge is 2.32. The molecule has 0 radical (unpaired) electrons. The van der Waals surface area contributed by atoms with Crippen molar-refractivity contribution in [2.75, 3.05) is 31.6 Å². The lowest BCUT2D eigenvalue weighted by Gasteiger charge is -2.30. The normalized spacial score (nSPS) is 14.3. The third kappa shape index (κ3) is 9.57. The van der Waals surface area contributed by atoms with Crippen LogP contribution in [0.3, 0.4) is 0 Å². The second-order valence-corrected chi connectivity index (χ2v) is 27.2. The standard InChI is InChI=1S/C35H48BBrN6O3Si2/c1-47(2,3)20-18-44-25-42(26-45-19-21-48(4,5)6)35-32(37)33(28-14-16-36(17-15-28)46-24-38)41-34-30(23-40-43(34)35)29-12-13-31(39-22-29)27-10-8-7-9-11-27/h7-13,22-23,28H,14-21,25-26H2,1-6H3. The highest BCUT2D eigenvalue weighted by molar-refractivity contribution is 9.10. The van der Waals surface area contributed by atoms with Crippen LogP contribution in [-0.4, -0.2) is 69.3 Å². The molecule has 9 nitrogen and oxygen atoms in total. The maximum atomic E-state index is 9.09. The number of ether oxygens (including phenoxy) is 2. The zero-order valence-corrected chi connectivity index (χ0v) is 32.8. The minimum absolute atomic E-state index is 0.0380. The van der Waals surface area contributed by atoms with Crippen LogP contribution < -0.4 is 4.90 Å². The van der Waals surface area contributed by atoms with Crippen molar-refractivity contribution in [3.8, 4) is 28.6 Å². The van der Waals surface area contributed by atoms with Crippen LogP contribution in [0.15, 0.2) is 59.3 Å². The molecule has 0 atom stereocenters. The molecule has 13 heteroatoms. The van der Waals surface area contributed by atoms with Crippen LogP contribution in [0.1, 0.15) is 24.5 Å². The number of pyridine rings is 1. The molecule has 4 heterocycles. The van der Waals surface area contributed by atoms with E-state index >= 15 is 0 Å². The number of aromatic nitrogens is 4. The number of benzene rings is 1. The second kappa shape index (κ2) is 16.1. The van der Waals surface area contributed by atoms with Gasteiger partial charge >= 0.3 is 6.92 Å². The Morgan fingerprint density at radius 3 is 2.12 bits per heavy atom. The van der Waals surface area contributed by atoms with Gasteiger partial charge in [-0.05, 0) is 59.6 Å². The summed E-state index contributed by atoms with van der Waals surface area (Å²) in [5, 5.41) is 14.0. The van der Waals surface area contributed by atoms with Crippen molar-refractivity contribution in [2.45, 2.75) is 82.8 Å². The lowest BCUT2D eigenvalue weighted by atomic mass is 9.53. The van der Waals surface area contributed by atoms with Crippen molar-refractivity contribution in [3.05, 3.63) is 65.0 Å². The summed E-state index contributed by atoms with van der Waals surface area (Å²) in [7, 11) is -2.52. The molecule has 0 unspecified atom stereocenters. The molecule has 0 bridgehead atoms. The van der Waals surface area contributed by atoms with E-state index in [-0.39, 0.29) is 12.8 Å². The van der Waals surface area contributed by atoms with Crippen LogP contribution in [0.2, 0.25) is 64.0 Å². The molecule has 4 aromatic rings. The maximum Gasteiger partial charge on any atom is 0.373 e. The van der Waals surface area contributed by atoms with Crippen molar-refractivity contribution < 1.29 is 14.1 Å². The third-order valence-electron chi connectivity index (χ3n) is 8.80. The number of halogens is 1. The summed E-state index contributed by atoms with van der Waals surface area (Å²) in [5.74, 6) is 1.07. The molecule has 48 heavy (non-hydrogen) atoms. The van der Waals surface area contributed by atoms with Crippen molar-refractivity contribution in [1.82, 2.24) is 19.6 Å². The van der Waals surface area contributed by atoms with Crippen molar-refractivity contribution in [3.63, 3.8) is 0 Å². The van der Waals surface area contributed by atoms with Crippen LogP contribution in [-0.2, 0) is 14.1 Å². The first-order valence-electron chi connectivity index (χ1n) is 17.0. The lowest BCUT2D eigenvalue weighted by molar-refractivity contribution is 0.0941. The molecule has 0 aliphatic carbocycles. The van der Waals surface area contributed by atoms with Crippen LogP contribution in [0.5, 0.6) is 0 Å². The number of anilines is 1. The van der Waals surface area contributed by atoms with Gasteiger partial charge < -0.3 is 19.0 Å². The summed E-state index contributed by atoms with van der Waals surface area (Å²) in [6.07, 6.45) is 9.06. The maximum absolute atomic E-state index is 9.09. The Hall–Kier alpha value is -3.02. The average molecular weight is 748 g/mol. The molecule has 1 aromatic carbocycles. The molecule has 3 aromatic heterocycles. The third-order valence-corrected chi connectivity index (χ3v) is 13.0. The van der Waals surface area contributed by atoms with E-state index in [1.54, 1.807) is 0 Å². The highest BCUT2D eigenvalue weighted by atomic mass is 79.9. The molecule has 1 aliphatic heterocycles. The van der Waals surface area contributed by atoms with Crippen molar-refractivity contribution >= 4 is 50.5 Å². The van der Waals surface area contributed by atoms with Gasteiger partial charge in [0, 0.05) is 58.2 Å². The minimum Gasteiger partial charge on any atom is -0.498 e. The van der Waals surface area contributed by atoms with Gasteiger partial charge in [0.25, 0.3) is 6.26 Å². The predicted octanol–water partition coefficient (Wildman–Crippen LogP) is 9.02. The molecule has 5 rings (SSSR count). The Bertz CT molecular complexity index is 1660. The Kier molecular flexibility index (Phi) is 12.2. The highest BCUT2D eigenvalue weighted by Crippen LogP contribution is 2.41. The monoisotopic (exact) mass is 746 g/mol. The SMILES string of the molecule is C[Si](C)(C)CCOCN(COCC[Si](C)(C)C)c1c(Br)c(C2CCB(OC#N)CC2)nc2c(-c3ccc(-c4ccccc4)nc3)cnn12. The summed E-state index contributed by atoms with van der Waals surface area (Å²) >= 11 is 4.01. The van der Waals surface area contributed by atoms with E-state index in [4.69, 9.17) is 34.5 Å². The Morgan fingerprint density at radius 2 is 1.56 bits per heavy atom. The molecule has 1 saturated heterocycles. The van der Waals surface area contributed by atoms with Gasteiger partial charge in [-0.25, -0.2) is 4.98 Å². The smallest absolute Gasteiger partial charge is 0.373 e. The topological polar surface area (TPSA) is 97.8 Å². The van der Waals surface area contributed by atoms with Crippen LogP contribution >= 0.6 is 15.9 Å². The fourth-order valence-corrected chi connectivity index (χ4v) is 8.19. The number of fused-ring (bicyclic) bond motifs is 1. The minimum atomic E-state index is -1.26. The van der Waals surface area contributed by atoms with Gasteiger partial charge in [-0.2, -0.15) is 14.9 Å². The molecule has 1 fully saturated rings. The molecular weight excluding hydrogens is 699 g/mol. The molecule has 0 saturated carbocycles. The van der Waals surface area contributed by atoms with Gasteiger partial charge in [0.1, 0.15) is 13.5 Å². The first kappa shape index (κ1) is 36.3. The largest absolute Gasteiger partial charge is 0.498 e. The number of hydrogen-bond acceptors (Lipinski definition) is 8. The molecule has 0 spiro atoms. The van der Waals surface area contributed by atoms with Gasteiger partial charge in [-0.3, -0.25) is 4.98 Å². The lowest BCUT2D eigenvalue weighted by Crippen LogP contribution is -2.34. The van der Waals surface area contributed by atoms with Crippen molar-refractivity contribution in [2.24, 2.45) is 0 Å². The molecule has 0 N–H and O–H groups in total. The number of rotatable bonds is 15. The van der Waals surface area contributed by atoms with E-state index in [0.29, 0.717) is 26.7 Å². The van der Waals surface area contributed by atoms with Gasteiger partial charge in [-0.15, -0.1) is 0 Å². The van der Waals surface area contributed by atoms with Gasteiger partial charge in [0.05, 0.1) is 22.1 Å². The van der Waals surface area contributed by atoms with Gasteiger partial charge in [-0.1, -0.05) is 75.7 Å². The number of nitrogens with zero attached hydrogens (tertiary/aromatic N) is 6. The fourth-order valence-electron chi connectivity index (χ4n) is 5.85. The van der Waals surface area contributed by atoms with Crippen LogP contribution in [0.4, 0.5) is 5.82 Å². The average Bonchev–Trinajstić information content (AvgIpc) is 3.48. The Labute approximate surface area is 296 Å². The van der Waals surface area contributed by atoms with Crippen LogP contribution in [0, 0.1) is 11.5 Å². The molecule has 254 valence electrons. The first-order valence-corrected chi connectivity index (χ1v) is 25.2. The number of nitriles is 1. The summed E-state index contributed by atoms with van der Waals surface area (Å²) < 4.78 is 20.8. The zero-order valence-electron chi connectivity index (χ0n) is 29.2. The molecular formula is C35H48BBrN6O3Si2. The first-order chi connectivity index (χ1) is 22.9. The predicted molar refractivity (Wildman–Crippen MR) is 204 cm³/mol. The van der Waals surface area contributed by atoms with E-state index in [0.717, 1.165) is 81.6 Å². The van der Waals surface area contributed by atoms with Crippen LogP contribution in [0.25, 0.3) is 28.0 Å².